The molecule has 0 radical (unpaired) electrons. The van der Waals surface area contributed by atoms with E-state index in [1.54, 1.807) is 44.2 Å². The van der Waals surface area contributed by atoms with Crippen LogP contribution in [0.25, 0.3) is 0 Å². The fourth-order valence-corrected chi connectivity index (χ4v) is 5.14. The fourth-order valence-electron chi connectivity index (χ4n) is 4.96. The van der Waals surface area contributed by atoms with Crippen LogP contribution in [0.3, 0.4) is 0 Å². The number of benzene rings is 1. The van der Waals surface area contributed by atoms with Gasteiger partial charge in [0.1, 0.15) is 36.5 Å². The maximum absolute atomic E-state index is 13.7. The number of thiol groups is 1. The van der Waals surface area contributed by atoms with Gasteiger partial charge in [0.25, 0.3) is 0 Å². The van der Waals surface area contributed by atoms with E-state index in [0.717, 1.165) is 6.92 Å². The lowest BCUT2D eigenvalue weighted by Gasteiger charge is -2.28. The summed E-state index contributed by atoms with van der Waals surface area (Å²) in [6, 6.07) is -0.0363. The monoisotopic (exact) mass is 780 g/mol. The van der Waals surface area contributed by atoms with Crippen molar-refractivity contribution in [1.82, 2.24) is 31.9 Å². The lowest BCUT2D eigenvalue weighted by atomic mass is 10.0. The van der Waals surface area contributed by atoms with Crippen LogP contribution < -0.4 is 31.9 Å². The van der Waals surface area contributed by atoms with Crippen LogP contribution >= 0.6 is 12.6 Å². The van der Waals surface area contributed by atoms with Crippen molar-refractivity contribution in [2.24, 2.45) is 5.92 Å². The van der Waals surface area contributed by atoms with E-state index >= 15 is 0 Å². The molecule has 0 fully saturated rings. The Morgan fingerprint density at radius 2 is 1.07 bits per heavy atom. The third kappa shape index (κ3) is 18.3. The molecule has 0 aliphatic carbocycles. The third-order valence-electron chi connectivity index (χ3n) is 7.58. The van der Waals surface area contributed by atoms with Crippen molar-refractivity contribution in [2.45, 2.75) is 102 Å². The van der Waals surface area contributed by atoms with Crippen molar-refractivity contribution in [3.05, 3.63) is 35.9 Å². The van der Waals surface area contributed by atoms with Crippen LogP contribution in [0.15, 0.2) is 30.3 Å². The molecule has 0 saturated heterocycles. The number of rotatable bonds is 25. The molecule has 0 spiro atoms. The summed E-state index contributed by atoms with van der Waals surface area (Å²) in [4.78, 5) is 124. The molecule has 9 N–H and O–H groups in total. The summed E-state index contributed by atoms with van der Waals surface area (Å²) in [6.07, 6.45) is -2.72. The van der Waals surface area contributed by atoms with E-state index in [4.69, 9.17) is 0 Å². The maximum atomic E-state index is 13.7. The molecular formula is C34H48N6O13S. The van der Waals surface area contributed by atoms with E-state index in [-0.39, 0.29) is 24.5 Å². The third-order valence-corrected chi connectivity index (χ3v) is 7.97. The van der Waals surface area contributed by atoms with Gasteiger partial charge >= 0.3 is 17.9 Å². The summed E-state index contributed by atoms with van der Waals surface area (Å²) in [6.45, 7) is 4.42. The topological polar surface area (TPSA) is 304 Å². The number of carbonyl (C=O) groups is 10. The predicted molar refractivity (Wildman–Crippen MR) is 193 cm³/mol. The van der Waals surface area contributed by atoms with Gasteiger partial charge in [-0.3, -0.25) is 43.2 Å². The van der Waals surface area contributed by atoms with Crippen LogP contribution in [0.2, 0.25) is 0 Å². The number of hydrogen-bond acceptors (Lipinski definition) is 11. The number of nitrogens with one attached hydrogen (secondary N) is 6. The van der Waals surface area contributed by atoms with Crippen molar-refractivity contribution in [3.63, 3.8) is 0 Å². The van der Waals surface area contributed by atoms with E-state index < -0.39 is 122 Å². The highest BCUT2D eigenvalue weighted by atomic mass is 32.1. The number of hydrogen-bond donors (Lipinski definition) is 10. The SMILES string of the molecule is CC(=O)N[C@@H](CC(=O)O)C(=O)N[C@@H](CCC(=O)O)C(=O)N[C@@H](CC(C)C)C(=O)N[C@@H](CCC(=O)O)C(=O)N[C@@H](Cc1ccccc1)C(=O)N[C@H](C=O)CS. The molecule has 0 saturated carbocycles. The second kappa shape index (κ2) is 23.9. The van der Waals surface area contributed by atoms with Gasteiger partial charge in [-0.05, 0) is 30.7 Å². The minimum atomic E-state index is -1.63. The minimum absolute atomic E-state index is 0.0411. The first-order valence-electron chi connectivity index (χ1n) is 16.9. The standard InChI is InChI=1S/C34H48N6O13S/c1-18(2)13-24(39-30(49)22(9-11-27(43)44)38-34(53)26(15-29(47)48)35-19(3)42)33(52)37-23(10-12-28(45)46)31(50)40-25(14-20-7-5-4-6-8-20)32(51)36-21(16-41)17-54/h4-8,16,18,21-26,54H,9-15,17H2,1-3H3,(H,35,42)(H,36,51)(H,37,52)(H,38,53)(H,39,49)(H,40,50)(H,43,44)(H,45,46)(H,47,48)/t21-,22+,23+,24+,25+,26+/m1/s1. The van der Waals surface area contributed by atoms with Gasteiger partial charge < -0.3 is 52.0 Å². The summed E-state index contributed by atoms with van der Waals surface area (Å²) >= 11 is 4.02. The van der Waals surface area contributed by atoms with E-state index in [9.17, 15) is 63.3 Å². The molecule has 0 aliphatic heterocycles. The largest absolute Gasteiger partial charge is 0.481 e. The number of carbonyl (C=O) groups excluding carboxylic acids is 7. The Hall–Kier alpha value is -5.53. The van der Waals surface area contributed by atoms with Gasteiger partial charge in [0.05, 0.1) is 12.5 Å². The van der Waals surface area contributed by atoms with Gasteiger partial charge in [-0.1, -0.05) is 44.2 Å². The molecule has 298 valence electrons. The molecule has 0 bridgehead atoms. The highest BCUT2D eigenvalue weighted by Crippen LogP contribution is 2.11. The lowest BCUT2D eigenvalue weighted by Crippen LogP contribution is -2.60. The molecule has 6 atom stereocenters. The van der Waals surface area contributed by atoms with Crippen LogP contribution in [0, 0.1) is 5.92 Å². The molecule has 0 unspecified atom stereocenters. The van der Waals surface area contributed by atoms with E-state index in [1.807, 2.05) is 0 Å². The zero-order chi connectivity index (χ0) is 41.0. The molecule has 0 aromatic heterocycles. The highest BCUT2D eigenvalue weighted by Gasteiger charge is 2.34. The van der Waals surface area contributed by atoms with Gasteiger partial charge in [0, 0.05) is 31.9 Å². The molecule has 1 aromatic carbocycles. The molecule has 20 heteroatoms. The van der Waals surface area contributed by atoms with E-state index in [1.165, 1.54) is 0 Å². The normalized spacial score (nSPS) is 14.1. The van der Waals surface area contributed by atoms with Crippen molar-refractivity contribution in [2.75, 3.05) is 5.75 Å². The van der Waals surface area contributed by atoms with E-state index in [2.05, 4.69) is 44.5 Å². The summed E-state index contributed by atoms with van der Waals surface area (Å²) in [5.41, 5.74) is 0.619. The molecule has 54 heavy (non-hydrogen) atoms. The zero-order valence-electron chi connectivity index (χ0n) is 30.0. The van der Waals surface area contributed by atoms with Gasteiger partial charge in [-0.15, -0.1) is 0 Å². The lowest BCUT2D eigenvalue weighted by molar-refractivity contribution is -0.141. The summed E-state index contributed by atoms with van der Waals surface area (Å²) in [5.74, 6) is -10.0. The van der Waals surface area contributed by atoms with Crippen LogP contribution in [-0.2, 0) is 54.4 Å². The Morgan fingerprint density at radius 1 is 0.630 bits per heavy atom. The Balaban J connectivity index is 3.38. The molecule has 19 nitrogen and oxygen atoms in total. The maximum Gasteiger partial charge on any atom is 0.305 e. The molecule has 1 rings (SSSR count). The highest BCUT2D eigenvalue weighted by molar-refractivity contribution is 7.80. The quantitative estimate of drug-likeness (QED) is 0.0401. The predicted octanol–water partition coefficient (Wildman–Crippen LogP) is -1.46. The Bertz CT molecular complexity index is 1490. The first kappa shape index (κ1) is 46.5. The van der Waals surface area contributed by atoms with Crippen molar-refractivity contribution >= 4 is 72.3 Å². The Labute approximate surface area is 316 Å². The van der Waals surface area contributed by atoms with Gasteiger partial charge in [0.2, 0.25) is 35.4 Å². The van der Waals surface area contributed by atoms with Crippen LogP contribution in [0.1, 0.15) is 64.9 Å². The fraction of sp³-hybridized carbons (Fsp3) is 0.529. The second-order valence-corrected chi connectivity index (χ2v) is 13.1. The van der Waals surface area contributed by atoms with Crippen molar-refractivity contribution in [3.8, 4) is 0 Å². The van der Waals surface area contributed by atoms with Gasteiger partial charge in [-0.2, -0.15) is 12.6 Å². The number of carboxylic acid groups (broad SMARTS) is 3. The average Bonchev–Trinajstić information content (AvgIpc) is 3.09. The summed E-state index contributed by atoms with van der Waals surface area (Å²) < 4.78 is 0. The average molecular weight is 781 g/mol. The molecular weight excluding hydrogens is 732 g/mol. The number of carboxylic acids is 3. The van der Waals surface area contributed by atoms with Gasteiger partial charge in [-0.25, -0.2) is 0 Å². The van der Waals surface area contributed by atoms with Crippen LogP contribution in [-0.4, -0.2) is 117 Å². The molecule has 0 heterocycles. The van der Waals surface area contributed by atoms with E-state index in [0.29, 0.717) is 11.8 Å². The Kier molecular flexibility index (Phi) is 20.6. The first-order chi connectivity index (χ1) is 25.4. The van der Waals surface area contributed by atoms with Crippen molar-refractivity contribution < 1.29 is 63.3 Å². The zero-order valence-corrected chi connectivity index (χ0v) is 30.9. The number of amides is 6. The summed E-state index contributed by atoms with van der Waals surface area (Å²) in [7, 11) is 0. The summed E-state index contributed by atoms with van der Waals surface area (Å²) in [5, 5.41) is 42.0. The molecule has 0 aliphatic rings. The first-order valence-corrected chi connectivity index (χ1v) is 17.5. The Morgan fingerprint density at radius 3 is 1.50 bits per heavy atom. The van der Waals surface area contributed by atoms with Crippen LogP contribution in [0.5, 0.6) is 0 Å². The van der Waals surface area contributed by atoms with Crippen molar-refractivity contribution in [1.29, 1.82) is 0 Å². The smallest absolute Gasteiger partial charge is 0.305 e. The molecule has 1 aromatic rings. The second-order valence-electron chi connectivity index (χ2n) is 12.7. The van der Waals surface area contributed by atoms with Gasteiger partial charge in [0.15, 0.2) is 0 Å². The molecule has 6 amide bonds. The minimum Gasteiger partial charge on any atom is -0.481 e. The number of aldehydes is 1. The number of aliphatic carboxylic acids is 3. The van der Waals surface area contributed by atoms with Crippen LogP contribution in [0.4, 0.5) is 0 Å².